The largest absolute Gasteiger partial charge is 0.465 e. The van der Waals surface area contributed by atoms with Crippen molar-refractivity contribution in [1.82, 2.24) is 5.32 Å². The van der Waals surface area contributed by atoms with Gasteiger partial charge < -0.3 is 9.73 Å². The third-order valence-corrected chi connectivity index (χ3v) is 3.71. The summed E-state index contributed by atoms with van der Waals surface area (Å²) in [5.41, 5.74) is 1.59. The minimum Gasteiger partial charge on any atom is -0.465 e. The molecule has 1 fully saturated rings. The molecule has 1 aromatic heterocycles. The van der Waals surface area contributed by atoms with E-state index in [-0.39, 0.29) is 30.1 Å². The van der Waals surface area contributed by atoms with Gasteiger partial charge in [-0.2, -0.15) is 0 Å². The van der Waals surface area contributed by atoms with E-state index in [1.807, 2.05) is 12.1 Å². The Morgan fingerprint density at radius 3 is 2.67 bits per heavy atom. The van der Waals surface area contributed by atoms with E-state index in [0.29, 0.717) is 17.9 Å². The summed E-state index contributed by atoms with van der Waals surface area (Å²) in [6.45, 7) is 0. The van der Waals surface area contributed by atoms with Crippen LogP contribution in [0.3, 0.4) is 0 Å². The van der Waals surface area contributed by atoms with E-state index in [1.54, 1.807) is 30.3 Å². The fourth-order valence-corrected chi connectivity index (χ4v) is 2.51. The molecule has 1 aromatic carbocycles. The van der Waals surface area contributed by atoms with Gasteiger partial charge in [0.15, 0.2) is 0 Å². The van der Waals surface area contributed by atoms with E-state index in [0.717, 1.165) is 5.56 Å². The van der Waals surface area contributed by atoms with Crippen molar-refractivity contribution in [1.29, 1.82) is 0 Å². The van der Waals surface area contributed by atoms with Gasteiger partial charge in [0.25, 0.3) is 0 Å². The summed E-state index contributed by atoms with van der Waals surface area (Å²) in [6, 6.07) is 10.7. The molecule has 6 heteroatoms. The number of furan rings is 1. The molecule has 2 N–H and O–H groups in total. The van der Waals surface area contributed by atoms with Crippen molar-refractivity contribution < 1.29 is 18.8 Å². The molecule has 0 radical (unpaired) electrons. The van der Waals surface area contributed by atoms with Crippen LogP contribution in [0, 0.1) is 5.92 Å². The molecule has 1 unspecified atom stereocenters. The molecule has 6 nitrogen and oxygen atoms in total. The minimum atomic E-state index is -0.311. The Bertz CT molecular complexity index is 776. The van der Waals surface area contributed by atoms with Crippen LogP contribution in [0.15, 0.2) is 53.2 Å². The zero-order valence-electron chi connectivity index (χ0n) is 12.8. The summed E-state index contributed by atoms with van der Waals surface area (Å²) in [7, 11) is 0. The molecule has 0 aliphatic carbocycles. The lowest BCUT2D eigenvalue weighted by molar-refractivity contribution is -0.125. The molecule has 122 valence electrons. The predicted octanol–water partition coefficient (Wildman–Crippen LogP) is 2.14. The molecule has 1 aliphatic heterocycles. The number of nitrogens with one attached hydrogen (secondary N) is 2. The van der Waals surface area contributed by atoms with Crippen molar-refractivity contribution in [3.8, 4) is 0 Å². The Morgan fingerprint density at radius 2 is 2.04 bits per heavy atom. The Balaban J connectivity index is 1.55. The lowest BCUT2D eigenvalue weighted by Gasteiger charge is -2.07. The molecular formula is C18H16N2O4. The normalized spacial score (nSPS) is 17.2. The second kappa shape index (κ2) is 6.95. The topological polar surface area (TPSA) is 88.4 Å². The number of amides is 3. The van der Waals surface area contributed by atoms with Crippen LogP contribution < -0.4 is 10.6 Å². The molecule has 1 aliphatic rings. The number of imide groups is 1. The lowest BCUT2D eigenvalue weighted by atomic mass is 9.98. The van der Waals surface area contributed by atoms with Gasteiger partial charge in [0, 0.05) is 18.2 Å². The summed E-state index contributed by atoms with van der Waals surface area (Å²) >= 11 is 0. The van der Waals surface area contributed by atoms with Crippen LogP contribution in [0.2, 0.25) is 0 Å². The van der Waals surface area contributed by atoms with Crippen LogP contribution in [-0.4, -0.2) is 17.7 Å². The Labute approximate surface area is 138 Å². The molecule has 3 rings (SSSR count). The third kappa shape index (κ3) is 3.98. The second-order valence-electron chi connectivity index (χ2n) is 5.55. The third-order valence-electron chi connectivity index (χ3n) is 3.71. The first-order chi connectivity index (χ1) is 11.6. The summed E-state index contributed by atoms with van der Waals surface area (Å²) < 4.78 is 5.11. The van der Waals surface area contributed by atoms with Crippen molar-refractivity contribution in [2.24, 2.45) is 5.92 Å². The highest BCUT2D eigenvalue weighted by molar-refractivity contribution is 6.03. The number of hydrogen-bond acceptors (Lipinski definition) is 4. The molecule has 2 aromatic rings. The average molecular weight is 324 g/mol. The van der Waals surface area contributed by atoms with E-state index >= 15 is 0 Å². The van der Waals surface area contributed by atoms with Crippen molar-refractivity contribution in [2.75, 3.05) is 5.32 Å². The number of hydrogen-bond donors (Lipinski definition) is 2. The van der Waals surface area contributed by atoms with Gasteiger partial charge >= 0.3 is 0 Å². The first-order valence-electron chi connectivity index (χ1n) is 7.55. The summed E-state index contributed by atoms with van der Waals surface area (Å²) in [4.78, 5) is 34.6. The van der Waals surface area contributed by atoms with E-state index in [1.165, 1.54) is 12.3 Å². The zero-order valence-corrected chi connectivity index (χ0v) is 12.8. The maximum Gasteiger partial charge on any atom is 0.248 e. The van der Waals surface area contributed by atoms with Gasteiger partial charge in [0.1, 0.15) is 5.76 Å². The van der Waals surface area contributed by atoms with E-state index in [4.69, 9.17) is 4.42 Å². The maximum atomic E-state index is 11.8. The van der Waals surface area contributed by atoms with Crippen LogP contribution in [0.4, 0.5) is 5.69 Å². The minimum absolute atomic E-state index is 0.222. The highest BCUT2D eigenvalue weighted by Gasteiger charge is 2.30. The van der Waals surface area contributed by atoms with Crippen molar-refractivity contribution >= 4 is 29.5 Å². The molecule has 3 amide bonds. The van der Waals surface area contributed by atoms with Crippen molar-refractivity contribution in [3.63, 3.8) is 0 Å². The average Bonchev–Trinajstić information content (AvgIpc) is 3.17. The molecule has 1 saturated heterocycles. The first kappa shape index (κ1) is 15.7. The summed E-state index contributed by atoms with van der Waals surface area (Å²) in [6.07, 6.45) is 5.24. The van der Waals surface area contributed by atoms with Crippen molar-refractivity contribution in [2.45, 2.75) is 12.8 Å². The first-order valence-corrected chi connectivity index (χ1v) is 7.55. The number of carbonyl (C=O) groups excluding carboxylic acids is 3. The van der Waals surface area contributed by atoms with Gasteiger partial charge in [0.05, 0.1) is 12.2 Å². The van der Waals surface area contributed by atoms with Crippen LogP contribution in [0.1, 0.15) is 17.7 Å². The molecule has 2 heterocycles. The molecular weight excluding hydrogens is 308 g/mol. The van der Waals surface area contributed by atoms with Crippen LogP contribution >= 0.6 is 0 Å². The fourth-order valence-electron chi connectivity index (χ4n) is 2.51. The zero-order chi connectivity index (χ0) is 16.9. The standard InChI is InChI=1S/C18H16N2O4/c21-16(8-7-15-2-1-9-24-15)19-14-5-3-12(4-6-14)10-13-11-17(22)20-18(13)23/h1-9,13H,10-11H2,(H,19,21)(H,20,22,23). The Kier molecular flexibility index (Phi) is 4.56. The molecule has 24 heavy (non-hydrogen) atoms. The van der Waals surface area contributed by atoms with Gasteiger partial charge in [-0.1, -0.05) is 12.1 Å². The predicted molar refractivity (Wildman–Crippen MR) is 87.8 cm³/mol. The highest BCUT2D eigenvalue weighted by Crippen LogP contribution is 2.19. The highest BCUT2D eigenvalue weighted by atomic mass is 16.3. The van der Waals surface area contributed by atoms with Gasteiger partial charge in [-0.3, -0.25) is 19.7 Å². The number of benzene rings is 1. The molecule has 1 atom stereocenters. The quantitative estimate of drug-likeness (QED) is 0.651. The van der Waals surface area contributed by atoms with E-state index < -0.39 is 0 Å². The van der Waals surface area contributed by atoms with Gasteiger partial charge in [-0.15, -0.1) is 0 Å². The summed E-state index contributed by atoms with van der Waals surface area (Å²) in [5, 5.41) is 5.04. The van der Waals surface area contributed by atoms with Gasteiger partial charge in [-0.25, -0.2) is 0 Å². The monoisotopic (exact) mass is 324 g/mol. The number of anilines is 1. The number of rotatable bonds is 5. The van der Waals surface area contributed by atoms with Crippen LogP contribution in [0.25, 0.3) is 6.08 Å². The van der Waals surface area contributed by atoms with Gasteiger partial charge in [-0.05, 0) is 42.3 Å². The Hall–Kier alpha value is -3.15. The number of carbonyl (C=O) groups is 3. The lowest BCUT2D eigenvalue weighted by Crippen LogP contribution is -2.22. The van der Waals surface area contributed by atoms with Gasteiger partial charge in [0.2, 0.25) is 17.7 Å². The molecule has 0 spiro atoms. The summed E-state index contributed by atoms with van der Waals surface area (Å²) in [5.74, 6) is -0.420. The second-order valence-corrected chi connectivity index (χ2v) is 5.55. The van der Waals surface area contributed by atoms with Crippen LogP contribution in [-0.2, 0) is 20.8 Å². The maximum absolute atomic E-state index is 11.8. The fraction of sp³-hybridized carbons (Fsp3) is 0.167. The molecule has 0 bridgehead atoms. The smallest absolute Gasteiger partial charge is 0.248 e. The van der Waals surface area contributed by atoms with E-state index in [9.17, 15) is 14.4 Å². The SMILES string of the molecule is O=C(C=Cc1ccco1)Nc1ccc(CC2CC(=O)NC2=O)cc1. The van der Waals surface area contributed by atoms with Crippen LogP contribution in [0.5, 0.6) is 0 Å². The molecule has 0 saturated carbocycles. The van der Waals surface area contributed by atoms with E-state index in [2.05, 4.69) is 10.6 Å². The van der Waals surface area contributed by atoms with Crippen molar-refractivity contribution in [3.05, 3.63) is 60.1 Å². The Morgan fingerprint density at radius 1 is 1.25 bits per heavy atom.